The van der Waals surface area contributed by atoms with E-state index in [1.165, 1.54) is 18.2 Å². The van der Waals surface area contributed by atoms with Gasteiger partial charge in [0.15, 0.2) is 5.78 Å². The van der Waals surface area contributed by atoms with Gasteiger partial charge in [0.25, 0.3) is 0 Å². The van der Waals surface area contributed by atoms with E-state index in [9.17, 15) is 33.6 Å². The van der Waals surface area contributed by atoms with Crippen LogP contribution in [0.15, 0.2) is 49.6 Å². The monoisotopic (exact) mass is 1180 g/mol. The molecule has 0 aromatic heterocycles. The van der Waals surface area contributed by atoms with Crippen LogP contribution < -0.4 is 21.3 Å². The zero-order valence-corrected chi connectivity index (χ0v) is 57.3. The maximum atomic E-state index is 11.3. The van der Waals surface area contributed by atoms with Gasteiger partial charge in [-0.1, -0.05) is 171 Å². The molecule has 0 aliphatic rings. The molecule has 0 saturated carbocycles. The number of carbonyl (C=O) groups excluding carboxylic acids is 7. The number of likely N-dealkylation sites (N-methyl/N-ethyl adjacent to an activating group) is 1. The Hall–Kier alpha value is -3.52. The van der Waals surface area contributed by atoms with Gasteiger partial charge in [-0.3, -0.25) is 33.6 Å². The number of nitrogens with zero attached hydrogens (tertiary/aromatic N) is 2. The molecule has 0 heterocycles. The fourth-order valence-electron chi connectivity index (χ4n) is 4.69. The lowest BCUT2D eigenvalue weighted by atomic mass is 9.89. The first kappa shape index (κ1) is 89.3. The van der Waals surface area contributed by atoms with Gasteiger partial charge in [-0.05, 0) is 109 Å². The van der Waals surface area contributed by atoms with E-state index in [1.54, 1.807) is 24.1 Å². The first-order valence-electron chi connectivity index (χ1n) is 27.7. The van der Waals surface area contributed by atoms with Crippen LogP contribution in [0, 0.1) is 37.9 Å². The Morgan fingerprint density at radius 3 is 1.13 bits per heavy atom. The third-order valence-electron chi connectivity index (χ3n) is 9.41. The van der Waals surface area contributed by atoms with Crippen LogP contribution in [0.25, 0.3) is 0 Å². The number of amides is 5. The molecule has 0 aromatic rings. The minimum absolute atomic E-state index is 0.000849. The third-order valence-corrected chi connectivity index (χ3v) is 10.2. The maximum absolute atomic E-state index is 11.3. The van der Waals surface area contributed by atoms with E-state index in [1.807, 2.05) is 32.0 Å². The molecule has 5 amide bonds. The standard InChI is InChI=1S/C11H22N2O.C10H18O.C9H18ClNO.C9H17ClO.C9H17NO.C8H15NO.C7H14ClNO/c1-11(2,3)9-12-10(14)7-6-8-13(4)5;1-5-9(11)7-6-8-10(2,3)4;1-9(2,3)5-6-11(4)8(12)7-10;1-9(2,3)6-4-5-8(11)7-10;1-5-6-8(11)10-7-9(2,3)4;1-5-7(10)9-6-8(2,3)4;1-7(2,3)5-9-6(10)4-8/h6-7H,8-9H2,1-5H3,(H,12,14);5H,1,6-8H2,2-4H3;5-7H2,1-4H3;4-7H2,1-3H3;5-6H,7H2,1-4H3,(H,10,11);5H,1,6H2,2-4H3,(H,9,10);4-5H2,1-3H3,(H,9,10)/b7-6+;;;;6-5+;;. The van der Waals surface area contributed by atoms with Crippen molar-refractivity contribution in [1.82, 2.24) is 31.1 Å². The summed E-state index contributed by atoms with van der Waals surface area (Å²) in [6.07, 6.45) is 15.8. The molecule has 0 saturated heterocycles. The number of ketones is 2. The summed E-state index contributed by atoms with van der Waals surface area (Å²) in [6, 6.07) is 0. The van der Waals surface area contributed by atoms with E-state index in [-0.39, 0.29) is 85.8 Å². The quantitative estimate of drug-likeness (QED) is 0.0649. The average Bonchev–Trinajstić information content (AvgIpc) is 3.29. The fraction of sp³-hybridized carbons (Fsp3) is 0.762. The third kappa shape index (κ3) is 97.1. The zero-order chi connectivity index (χ0) is 64.1. The number of allylic oxidation sites excluding steroid dienone is 2. The molecular weight excluding hydrogens is 1060 g/mol. The van der Waals surface area contributed by atoms with Crippen molar-refractivity contribution in [3.8, 4) is 0 Å². The van der Waals surface area contributed by atoms with Crippen molar-refractivity contribution in [3.05, 3.63) is 49.6 Å². The van der Waals surface area contributed by atoms with Crippen LogP contribution in [0.5, 0.6) is 0 Å². The van der Waals surface area contributed by atoms with E-state index in [2.05, 4.69) is 180 Å². The molecule has 0 aromatic carbocycles. The van der Waals surface area contributed by atoms with Gasteiger partial charge < -0.3 is 31.1 Å². The Morgan fingerprint density at radius 1 is 0.456 bits per heavy atom. The van der Waals surface area contributed by atoms with Crippen LogP contribution in [0.3, 0.4) is 0 Å². The van der Waals surface area contributed by atoms with Crippen LogP contribution in [-0.2, 0) is 33.6 Å². The second kappa shape index (κ2) is 48.1. The van der Waals surface area contributed by atoms with Gasteiger partial charge in [0.1, 0.15) is 17.5 Å². The molecule has 0 radical (unpaired) electrons. The summed E-state index contributed by atoms with van der Waals surface area (Å²) in [5.41, 5.74) is 1.57. The number of halogens is 3. The summed E-state index contributed by atoms with van der Waals surface area (Å²) in [5, 5.41) is 11.1. The van der Waals surface area contributed by atoms with Crippen LogP contribution in [0.4, 0.5) is 0 Å². The average molecular weight is 1180 g/mol. The lowest BCUT2D eigenvalue weighted by molar-refractivity contribution is -0.127. The van der Waals surface area contributed by atoms with Gasteiger partial charge in [-0.25, -0.2) is 0 Å². The summed E-state index contributed by atoms with van der Waals surface area (Å²) >= 11 is 16.0. The second-order valence-electron chi connectivity index (χ2n) is 28.1. The van der Waals surface area contributed by atoms with E-state index < -0.39 is 0 Å². The van der Waals surface area contributed by atoms with E-state index in [4.69, 9.17) is 34.8 Å². The van der Waals surface area contributed by atoms with Crippen LogP contribution >= 0.6 is 34.8 Å². The van der Waals surface area contributed by atoms with Crippen molar-refractivity contribution in [1.29, 1.82) is 0 Å². The minimum atomic E-state index is -0.102. The number of alkyl halides is 3. The van der Waals surface area contributed by atoms with Gasteiger partial charge >= 0.3 is 0 Å². The predicted molar refractivity (Wildman–Crippen MR) is 343 cm³/mol. The SMILES string of the molecule is C/C=C/C(=O)NCC(C)(C)C.C=CC(=O)CCCC(C)(C)C.C=CC(=O)NCC(C)(C)C.CC(C)(C)CCCC(=O)CCl.CC(C)(C)CNC(=O)CCl.CN(C)C/C=C/C(=O)NCC(C)(C)C.CN(CCC(C)(C)C)C(=O)CCl. The summed E-state index contributed by atoms with van der Waals surface area (Å²) < 4.78 is 0. The van der Waals surface area contributed by atoms with Crippen molar-refractivity contribution in [2.24, 2.45) is 37.9 Å². The molecule has 79 heavy (non-hydrogen) atoms. The molecule has 16 heteroatoms. The van der Waals surface area contributed by atoms with Crippen molar-refractivity contribution in [3.63, 3.8) is 0 Å². The highest BCUT2D eigenvalue weighted by Crippen LogP contribution is 2.23. The molecule has 0 bridgehead atoms. The molecule has 0 unspecified atom stereocenters. The first-order valence-corrected chi connectivity index (χ1v) is 29.3. The van der Waals surface area contributed by atoms with Crippen LogP contribution in [-0.4, -0.2) is 129 Å². The van der Waals surface area contributed by atoms with Crippen LogP contribution in [0.1, 0.15) is 197 Å². The predicted octanol–water partition coefficient (Wildman–Crippen LogP) is 13.8. The van der Waals surface area contributed by atoms with Gasteiger partial charge in [0.05, 0.1) is 5.88 Å². The Morgan fingerprint density at radius 2 is 0.823 bits per heavy atom. The van der Waals surface area contributed by atoms with Gasteiger partial charge in [0, 0.05) is 65.2 Å². The van der Waals surface area contributed by atoms with Crippen molar-refractivity contribution >= 4 is 75.9 Å². The number of carbonyl (C=O) groups is 7. The number of rotatable bonds is 21. The summed E-state index contributed by atoms with van der Waals surface area (Å²) in [4.78, 5) is 79.6. The number of Topliss-reactive ketones (excluding diaryl/α,β-unsaturated/α-hetero) is 1. The van der Waals surface area contributed by atoms with Gasteiger partial charge in [-0.2, -0.15) is 0 Å². The topological polar surface area (TPSA) is 174 Å². The molecule has 0 aliphatic carbocycles. The molecule has 0 rings (SSSR count). The molecule has 13 nitrogen and oxygen atoms in total. The first-order chi connectivity index (χ1) is 35.4. The smallest absolute Gasteiger partial charge is 0.243 e. The Balaban J connectivity index is -0.000000154. The zero-order valence-electron chi connectivity index (χ0n) is 55.1. The maximum Gasteiger partial charge on any atom is 0.243 e. The number of hydrogen-bond acceptors (Lipinski definition) is 8. The van der Waals surface area contributed by atoms with E-state index in [0.717, 1.165) is 51.7 Å². The van der Waals surface area contributed by atoms with Gasteiger partial charge in [-0.15, -0.1) is 34.8 Å². The Labute approximate surface area is 500 Å². The molecule has 0 atom stereocenters. The van der Waals surface area contributed by atoms with Crippen molar-refractivity contribution in [2.75, 3.05) is 78.1 Å². The molecule has 0 spiro atoms. The normalized spacial score (nSPS) is 11.6. The Kier molecular flexibility index (Phi) is 54.3. The van der Waals surface area contributed by atoms with Gasteiger partial charge in [0.2, 0.25) is 29.5 Å². The van der Waals surface area contributed by atoms with E-state index in [0.29, 0.717) is 43.3 Å². The van der Waals surface area contributed by atoms with Crippen molar-refractivity contribution in [2.45, 2.75) is 197 Å². The summed E-state index contributed by atoms with van der Waals surface area (Å²) in [6.45, 7) is 57.5. The fourth-order valence-corrected chi connectivity index (χ4v) is 5.12. The molecule has 0 fully saturated rings. The van der Waals surface area contributed by atoms with Crippen molar-refractivity contribution < 1.29 is 33.6 Å². The largest absolute Gasteiger partial charge is 0.355 e. The highest BCUT2D eigenvalue weighted by atomic mass is 35.5. The molecular formula is C63H121Cl3N6O7. The molecule has 466 valence electrons. The number of hydrogen-bond donors (Lipinski definition) is 4. The van der Waals surface area contributed by atoms with E-state index >= 15 is 0 Å². The minimum Gasteiger partial charge on any atom is -0.355 e. The summed E-state index contributed by atoms with van der Waals surface area (Å²) in [5.74, 6) is 0.405. The molecule has 0 aliphatic heterocycles. The lowest BCUT2D eigenvalue weighted by Gasteiger charge is -2.23. The Bertz CT molecular complexity index is 1730. The van der Waals surface area contributed by atoms with Crippen LogP contribution in [0.2, 0.25) is 0 Å². The highest BCUT2D eigenvalue weighted by Gasteiger charge is 2.16. The highest BCUT2D eigenvalue weighted by molar-refractivity contribution is 6.28. The number of nitrogens with one attached hydrogen (secondary N) is 4. The summed E-state index contributed by atoms with van der Waals surface area (Å²) in [7, 11) is 5.73. The lowest BCUT2D eigenvalue weighted by Crippen LogP contribution is -2.32. The second-order valence-corrected chi connectivity index (χ2v) is 28.9. The molecule has 4 N–H and O–H groups in total.